The molecule has 19 heavy (non-hydrogen) atoms. The largest absolute Gasteiger partial charge is 0.478 e. The predicted molar refractivity (Wildman–Crippen MR) is 66.0 cm³/mol. The molecule has 0 saturated carbocycles. The number of carboxylic acids is 2. The van der Waals surface area contributed by atoms with Crippen LogP contribution in [0.4, 0.5) is 10.5 Å². The van der Waals surface area contributed by atoms with Gasteiger partial charge in [0.2, 0.25) is 0 Å². The van der Waals surface area contributed by atoms with Gasteiger partial charge in [-0.25, -0.2) is 14.4 Å². The number of carbonyl (C=O) groups is 3. The van der Waals surface area contributed by atoms with E-state index in [2.05, 4.69) is 10.5 Å². The van der Waals surface area contributed by atoms with Crippen molar-refractivity contribution in [3.63, 3.8) is 0 Å². The highest BCUT2D eigenvalue weighted by Crippen LogP contribution is 2.16. The molecule has 0 heterocycles. The molecule has 0 aliphatic heterocycles. The van der Waals surface area contributed by atoms with Gasteiger partial charge in [-0.15, -0.1) is 0 Å². The van der Waals surface area contributed by atoms with Crippen molar-refractivity contribution in [1.82, 2.24) is 0 Å². The van der Waals surface area contributed by atoms with Crippen LogP contribution in [-0.4, -0.2) is 34.9 Å². The fourth-order valence-electron chi connectivity index (χ4n) is 1.13. The Morgan fingerprint density at radius 3 is 2.05 bits per heavy atom. The number of carbonyl (C=O) groups excluding carboxylic acids is 1. The van der Waals surface area contributed by atoms with Crippen molar-refractivity contribution in [3.05, 3.63) is 29.3 Å². The lowest BCUT2D eigenvalue weighted by atomic mass is 10.1. The van der Waals surface area contributed by atoms with Crippen LogP contribution in [0.3, 0.4) is 0 Å². The molecule has 1 rings (SSSR count). The van der Waals surface area contributed by atoms with Crippen LogP contribution in [0.25, 0.3) is 0 Å². The standard InChI is InChI=1S/C8H7NO4.C3H7NO2/c9-5-3-1-2-4(7(10)11)6(5)8(12)13;1-2-6-3(4)5/h1-3H,9H2,(H,10,11)(H,12,13);2H2,1H3,(H2,4,5). The molecule has 0 radical (unpaired) electrons. The number of hydrogen-bond acceptors (Lipinski definition) is 5. The van der Waals surface area contributed by atoms with Gasteiger partial charge in [0.25, 0.3) is 0 Å². The highest BCUT2D eigenvalue weighted by molar-refractivity contribution is 6.05. The van der Waals surface area contributed by atoms with E-state index in [1.807, 2.05) is 0 Å². The van der Waals surface area contributed by atoms with E-state index < -0.39 is 18.0 Å². The number of nitrogens with two attached hydrogens (primary N) is 2. The molecule has 1 aromatic carbocycles. The number of anilines is 1. The van der Waals surface area contributed by atoms with Gasteiger partial charge in [0.1, 0.15) is 0 Å². The highest BCUT2D eigenvalue weighted by atomic mass is 16.5. The van der Waals surface area contributed by atoms with Crippen molar-refractivity contribution >= 4 is 23.7 Å². The third-order valence-electron chi connectivity index (χ3n) is 1.83. The van der Waals surface area contributed by atoms with Crippen molar-refractivity contribution in [1.29, 1.82) is 0 Å². The summed E-state index contributed by atoms with van der Waals surface area (Å²) in [7, 11) is 0. The van der Waals surface area contributed by atoms with Gasteiger partial charge in [-0.3, -0.25) is 0 Å². The molecule has 0 fully saturated rings. The van der Waals surface area contributed by atoms with Gasteiger partial charge < -0.3 is 26.4 Å². The van der Waals surface area contributed by atoms with E-state index in [1.165, 1.54) is 18.2 Å². The Morgan fingerprint density at radius 1 is 1.21 bits per heavy atom. The second-order valence-electron chi connectivity index (χ2n) is 3.13. The summed E-state index contributed by atoms with van der Waals surface area (Å²) >= 11 is 0. The zero-order valence-corrected chi connectivity index (χ0v) is 10.1. The third-order valence-corrected chi connectivity index (χ3v) is 1.83. The number of nitrogen functional groups attached to an aromatic ring is 1. The Balaban J connectivity index is 0.000000459. The molecule has 0 spiro atoms. The molecule has 0 aliphatic rings. The summed E-state index contributed by atoms with van der Waals surface area (Å²) in [5.74, 6) is -2.64. The lowest BCUT2D eigenvalue weighted by Crippen LogP contribution is -2.11. The van der Waals surface area contributed by atoms with Crippen molar-refractivity contribution < 1.29 is 29.3 Å². The van der Waals surface area contributed by atoms with Gasteiger partial charge in [0.05, 0.1) is 17.7 Å². The second kappa shape index (κ2) is 7.54. The molecule has 0 unspecified atom stereocenters. The van der Waals surface area contributed by atoms with Crippen molar-refractivity contribution in [2.75, 3.05) is 12.3 Å². The minimum atomic E-state index is -1.34. The average Bonchev–Trinajstić information content (AvgIpc) is 2.28. The highest BCUT2D eigenvalue weighted by Gasteiger charge is 2.17. The molecule has 8 nitrogen and oxygen atoms in total. The number of amides is 1. The lowest BCUT2D eigenvalue weighted by Gasteiger charge is -2.03. The molecule has 1 amide bonds. The Labute approximate surface area is 108 Å². The third kappa shape index (κ3) is 5.39. The second-order valence-corrected chi connectivity index (χ2v) is 3.13. The number of ether oxygens (including phenoxy) is 1. The van der Waals surface area contributed by atoms with Crippen molar-refractivity contribution in [2.45, 2.75) is 6.92 Å². The monoisotopic (exact) mass is 270 g/mol. The maximum absolute atomic E-state index is 10.6. The molecule has 8 heteroatoms. The topological polar surface area (TPSA) is 153 Å². The van der Waals surface area contributed by atoms with E-state index in [-0.39, 0.29) is 16.8 Å². The number of hydrogen-bond donors (Lipinski definition) is 4. The van der Waals surface area contributed by atoms with Crippen LogP contribution in [0.15, 0.2) is 18.2 Å². The Bertz CT molecular complexity index is 486. The summed E-state index contributed by atoms with van der Waals surface area (Å²) in [6.07, 6.45) is -0.711. The quantitative estimate of drug-likeness (QED) is 0.591. The summed E-state index contributed by atoms with van der Waals surface area (Å²) < 4.78 is 4.18. The normalized spacial score (nSPS) is 8.89. The molecule has 0 atom stereocenters. The van der Waals surface area contributed by atoms with Crippen LogP contribution < -0.4 is 11.5 Å². The molecule has 1 aromatic rings. The smallest absolute Gasteiger partial charge is 0.404 e. The molecule has 0 saturated heterocycles. The summed E-state index contributed by atoms with van der Waals surface area (Å²) in [6, 6.07) is 3.93. The van der Waals surface area contributed by atoms with E-state index in [1.54, 1.807) is 6.92 Å². The van der Waals surface area contributed by atoms with E-state index in [0.717, 1.165) is 0 Å². The first-order chi connectivity index (χ1) is 8.81. The van der Waals surface area contributed by atoms with Gasteiger partial charge in [-0.05, 0) is 19.1 Å². The maximum atomic E-state index is 10.6. The van der Waals surface area contributed by atoms with Gasteiger partial charge in [0, 0.05) is 5.69 Å². The fraction of sp³-hybridized carbons (Fsp3) is 0.182. The number of rotatable bonds is 3. The average molecular weight is 270 g/mol. The predicted octanol–water partition coefficient (Wildman–Crippen LogP) is 0.767. The van der Waals surface area contributed by atoms with Crippen LogP contribution in [-0.2, 0) is 4.74 Å². The van der Waals surface area contributed by atoms with Crippen LogP contribution in [0.1, 0.15) is 27.6 Å². The first-order valence-electron chi connectivity index (χ1n) is 5.08. The minimum absolute atomic E-state index is 0.0487. The van der Waals surface area contributed by atoms with Crippen LogP contribution >= 0.6 is 0 Å². The van der Waals surface area contributed by atoms with Crippen LogP contribution in [0, 0.1) is 0 Å². The van der Waals surface area contributed by atoms with E-state index in [0.29, 0.717) is 6.61 Å². The molecule has 0 aromatic heterocycles. The van der Waals surface area contributed by atoms with Crippen molar-refractivity contribution in [2.24, 2.45) is 5.73 Å². The van der Waals surface area contributed by atoms with Gasteiger partial charge >= 0.3 is 18.0 Å². The van der Waals surface area contributed by atoms with Gasteiger partial charge in [0.15, 0.2) is 0 Å². The molecule has 0 bridgehead atoms. The summed E-state index contributed by atoms with van der Waals surface area (Å²) in [5.41, 5.74) is 9.14. The van der Waals surface area contributed by atoms with E-state index in [4.69, 9.17) is 15.9 Å². The molecule has 0 aliphatic carbocycles. The number of primary amides is 1. The first-order valence-corrected chi connectivity index (χ1v) is 5.08. The Hall–Kier alpha value is -2.77. The zero-order valence-electron chi connectivity index (χ0n) is 10.1. The van der Waals surface area contributed by atoms with E-state index in [9.17, 15) is 14.4 Å². The summed E-state index contributed by atoms with van der Waals surface area (Å²) in [5, 5.41) is 17.3. The summed E-state index contributed by atoms with van der Waals surface area (Å²) in [4.78, 5) is 30.8. The molecular formula is C11H14N2O6. The lowest BCUT2D eigenvalue weighted by molar-refractivity contribution is 0.0652. The zero-order chi connectivity index (χ0) is 15.0. The number of carboxylic acid groups (broad SMARTS) is 2. The molecule has 104 valence electrons. The van der Waals surface area contributed by atoms with Crippen molar-refractivity contribution in [3.8, 4) is 0 Å². The van der Waals surface area contributed by atoms with Crippen LogP contribution in [0.5, 0.6) is 0 Å². The van der Waals surface area contributed by atoms with Gasteiger partial charge in [-0.2, -0.15) is 0 Å². The van der Waals surface area contributed by atoms with Gasteiger partial charge in [-0.1, -0.05) is 6.07 Å². The SMILES string of the molecule is CCOC(N)=O.Nc1cccc(C(=O)O)c1C(=O)O. The summed E-state index contributed by atoms with van der Waals surface area (Å²) in [6.45, 7) is 2.06. The van der Waals surface area contributed by atoms with Crippen LogP contribution in [0.2, 0.25) is 0 Å². The molecular weight excluding hydrogens is 256 g/mol. The minimum Gasteiger partial charge on any atom is -0.478 e. The molecule has 6 N–H and O–H groups in total. The number of aromatic carboxylic acids is 2. The Morgan fingerprint density at radius 2 is 1.79 bits per heavy atom. The first kappa shape index (κ1) is 16.2. The Kier molecular flexibility index (Phi) is 6.44. The number of benzene rings is 1. The van der Waals surface area contributed by atoms with E-state index >= 15 is 0 Å². The fourth-order valence-corrected chi connectivity index (χ4v) is 1.13. The maximum Gasteiger partial charge on any atom is 0.404 e.